The third-order valence-corrected chi connectivity index (χ3v) is 4.05. The van der Waals surface area contributed by atoms with Gasteiger partial charge in [-0.25, -0.2) is 0 Å². The van der Waals surface area contributed by atoms with Gasteiger partial charge in [-0.1, -0.05) is 50.6 Å². The van der Waals surface area contributed by atoms with Crippen molar-refractivity contribution >= 4 is 0 Å². The molecule has 3 unspecified atom stereocenters. The molecule has 3 atom stereocenters. The Morgan fingerprint density at radius 3 is 2.09 bits per heavy atom. The van der Waals surface area contributed by atoms with Crippen LogP contribution in [-0.2, 0) is 0 Å². The molecule has 2 rings (SSSR count). The molecule has 0 bridgehead atoms. The zero-order chi connectivity index (χ0) is 16.7. The smallest absolute Gasteiger partial charge is 0.127 e. The van der Waals surface area contributed by atoms with Crippen molar-refractivity contribution in [3.63, 3.8) is 0 Å². The lowest BCUT2D eigenvalue weighted by Gasteiger charge is -2.21. The van der Waals surface area contributed by atoms with Crippen LogP contribution in [0.15, 0.2) is 54.6 Å². The summed E-state index contributed by atoms with van der Waals surface area (Å²) in [7, 11) is 0. The maximum absolute atomic E-state index is 10.1. The first-order valence-electron chi connectivity index (χ1n) is 8.29. The number of para-hydroxylation sites is 1. The number of aliphatic hydroxyl groups excluding tert-OH is 2. The van der Waals surface area contributed by atoms with Gasteiger partial charge in [-0.15, -0.1) is 0 Å². The van der Waals surface area contributed by atoms with Crippen LogP contribution >= 0.6 is 0 Å². The van der Waals surface area contributed by atoms with Crippen molar-refractivity contribution in [2.75, 3.05) is 0 Å². The molecule has 0 aliphatic heterocycles. The Balaban J connectivity index is 1.93. The fourth-order valence-corrected chi connectivity index (χ4v) is 2.63. The Kier molecular flexibility index (Phi) is 6.63. The zero-order valence-corrected chi connectivity index (χ0v) is 13.9. The second-order valence-corrected chi connectivity index (χ2v) is 6.04. The van der Waals surface area contributed by atoms with Crippen molar-refractivity contribution in [1.82, 2.24) is 0 Å². The summed E-state index contributed by atoms with van der Waals surface area (Å²) in [6.45, 7) is 4.07. The molecule has 2 aromatic carbocycles. The van der Waals surface area contributed by atoms with Gasteiger partial charge in [0, 0.05) is 0 Å². The van der Waals surface area contributed by atoms with Crippen LogP contribution in [0.4, 0.5) is 0 Å². The number of benzene rings is 2. The van der Waals surface area contributed by atoms with E-state index < -0.39 is 12.2 Å². The number of hydrogen-bond donors (Lipinski definition) is 2. The van der Waals surface area contributed by atoms with E-state index in [0.29, 0.717) is 12.8 Å². The summed E-state index contributed by atoms with van der Waals surface area (Å²) < 4.78 is 5.77. The van der Waals surface area contributed by atoms with Gasteiger partial charge in [0.05, 0.1) is 12.2 Å². The van der Waals surface area contributed by atoms with Crippen molar-refractivity contribution < 1.29 is 14.9 Å². The Bertz CT molecular complexity index is 565. The van der Waals surface area contributed by atoms with Crippen LogP contribution < -0.4 is 4.74 Å². The van der Waals surface area contributed by atoms with Crippen LogP contribution in [0.25, 0.3) is 0 Å². The maximum atomic E-state index is 10.1. The molecule has 0 fully saturated rings. The minimum atomic E-state index is -0.676. The van der Waals surface area contributed by atoms with Gasteiger partial charge in [0.25, 0.3) is 0 Å². The van der Waals surface area contributed by atoms with Crippen LogP contribution in [0.5, 0.6) is 11.5 Å². The molecule has 0 amide bonds. The Labute approximate surface area is 138 Å². The molecule has 0 spiro atoms. The molecule has 124 valence electrons. The normalized spacial score (nSPS) is 15.0. The number of aliphatic hydroxyl groups is 2. The summed E-state index contributed by atoms with van der Waals surface area (Å²) in [5.74, 6) is 1.78. The molecule has 0 heterocycles. The number of rotatable bonds is 8. The molecule has 0 saturated heterocycles. The summed E-state index contributed by atoms with van der Waals surface area (Å²) in [6, 6.07) is 17.6. The van der Waals surface area contributed by atoms with E-state index in [0.717, 1.165) is 23.5 Å². The quantitative estimate of drug-likeness (QED) is 0.754. The third-order valence-electron chi connectivity index (χ3n) is 4.05. The largest absolute Gasteiger partial charge is 0.457 e. The van der Waals surface area contributed by atoms with Gasteiger partial charge in [-0.3, -0.25) is 0 Å². The van der Waals surface area contributed by atoms with Crippen LogP contribution in [0.2, 0.25) is 0 Å². The van der Waals surface area contributed by atoms with Crippen molar-refractivity contribution in [2.45, 2.75) is 51.2 Å². The van der Waals surface area contributed by atoms with Gasteiger partial charge in [0.2, 0.25) is 0 Å². The van der Waals surface area contributed by atoms with Gasteiger partial charge < -0.3 is 14.9 Å². The van der Waals surface area contributed by atoms with E-state index >= 15 is 0 Å². The van der Waals surface area contributed by atoms with Crippen molar-refractivity contribution in [1.29, 1.82) is 0 Å². The maximum Gasteiger partial charge on any atom is 0.127 e. The van der Waals surface area contributed by atoms with E-state index in [9.17, 15) is 10.2 Å². The zero-order valence-electron chi connectivity index (χ0n) is 13.9. The summed E-state index contributed by atoms with van der Waals surface area (Å²) in [5, 5.41) is 19.9. The first-order chi connectivity index (χ1) is 11.1. The highest BCUT2D eigenvalue weighted by Crippen LogP contribution is 2.26. The van der Waals surface area contributed by atoms with Gasteiger partial charge in [0.1, 0.15) is 11.5 Å². The van der Waals surface area contributed by atoms with E-state index in [1.54, 1.807) is 0 Å². The molecule has 0 aliphatic rings. The van der Waals surface area contributed by atoms with E-state index in [1.807, 2.05) is 61.5 Å². The van der Waals surface area contributed by atoms with E-state index in [2.05, 4.69) is 6.92 Å². The van der Waals surface area contributed by atoms with Crippen LogP contribution in [0.3, 0.4) is 0 Å². The lowest BCUT2D eigenvalue weighted by atomic mass is 9.92. The second-order valence-electron chi connectivity index (χ2n) is 6.04. The molecular weight excluding hydrogens is 288 g/mol. The van der Waals surface area contributed by atoms with Crippen LogP contribution in [0.1, 0.15) is 44.6 Å². The van der Waals surface area contributed by atoms with Crippen molar-refractivity contribution in [2.24, 2.45) is 0 Å². The molecular formula is C20H26O3. The molecule has 0 aromatic heterocycles. The summed E-state index contributed by atoms with van der Waals surface area (Å²) in [5.41, 5.74) is 1.13. The third kappa shape index (κ3) is 5.38. The predicted octanol–water partition coefficient (Wildman–Crippen LogP) is 4.49. The van der Waals surface area contributed by atoms with Gasteiger partial charge >= 0.3 is 0 Å². The Morgan fingerprint density at radius 1 is 0.870 bits per heavy atom. The van der Waals surface area contributed by atoms with E-state index in [1.165, 1.54) is 0 Å². The average molecular weight is 314 g/mol. The SMILES string of the molecule is CCCC(O)C(O)CC(C)c1ccc(Oc2ccccc2)cc1. The molecule has 2 N–H and O–H groups in total. The highest BCUT2D eigenvalue weighted by atomic mass is 16.5. The van der Waals surface area contributed by atoms with Gasteiger partial charge in [-0.05, 0) is 48.6 Å². The van der Waals surface area contributed by atoms with Crippen LogP contribution in [0, 0.1) is 0 Å². The predicted molar refractivity (Wildman–Crippen MR) is 92.9 cm³/mol. The summed E-state index contributed by atoms with van der Waals surface area (Å²) in [4.78, 5) is 0. The molecule has 3 nitrogen and oxygen atoms in total. The standard InChI is InChI=1S/C20H26O3/c1-3-7-19(21)20(22)14-15(2)16-10-12-18(13-11-16)23-17-8-5-4-6-9-17/h4-6,8-13,15,19-22H,3,7,14H2,1-2H3. The van der Waals surface area contributed by atoms with Crippen molar-refractivity contribution in [3.05, 3.63) is 60.2 Å². The van der Waals surface area contributed by atoms with Gasteiger partial charge in [-0.2, -0.15) is 0 Å². The Morgan fingerprint density at radius 2 is 1.48 bits per heavy atom. The minimum absolute atomic E-state index is 0.183. The molecule has 3 heteroatoms. The highest BCUT2D eigenvalue weighted by Gasteiger charge is 2.19. The van der Waals surface area contributed by atoms with E-state index in [-0.39, 0.29) is 5.92 Å². The number of ether oxygens (including phenoxy) is 1. The highest BCUT2D eigenvalue weighted by molar-refractivity contribution is 5.33. The average Bonchev–Trinajstić information content (AvgIpc) is 2.56. The topological polar surface area (TPSA) is 49.7 Å². The first-order valence-corrected chi connectivity index (χ1v) is 8.29. The fourth-order valence-electron chi connectivity index (χ4n) is 2.63. The lowest BCUT2D eigenvalue weighted by molar-refractivity contribution is 0.00638. The molecule has 2 aromatic rings. The summed E-state index contributed by atoms with van der Waals surface area (Å²) >= 11 is 0. The molecule has 0 aliphatic carbocycles. The molecule has 0 saturated carbocycles. The molecule has 0 radical (unpaired) electrons. The van der Waals surface area contributed by atoms with Gasteiger partial charge in [0.15, 0.2) is 0 Å². The number of hydrogen-bond acceptors (Lipinski definition) is 3. The lowest BCUT2D eigenvalue weighted by Crippen LogP contribution is -2.27. The Hall–Kier alpha value is -1.84. The first kappa shape index (κ1) is 17.5. The monoisotopic (exact) mass is 314 g/mol. The fraction of sp³-hybridized carbons (Fsp3) is 0.400. The van der Waals surface area contributed by atoms with E-state index in [4.69, 9.17) is 4.74 Å². The minimum Gasteiger partial charge on any atom is -0.457 e. The van der Waals surface area contributed by atoms with Crippen molar-refractivity contribution in [3.8, 4) is 11.5 Å². The van der Waals surface area contributed by atoms with Crippen LogP contribution in [-0.4, -0.2) is 22.4 Å². The molecule has 23 heavy (non-hydrogen) atoms. The second kappa shape index (κ2) is 8.70. The summed E-state index contributed by atoms with van der Waals surface area (Å²) in [6.07, 6.45) is 0.754.